The number of benzene rings is 1. The Labute approximate surface area is 199 Å². The number of amides is 1. The number of nitrogens with two attached hydrogens (primary N) is 1. The summed E-state index contributed by atoms with van der Waals surface area (Å²) in [5.41, 5.74) is 6.78. The van der Waals surface area contributed by atoms with Crippen LogP contribution in [0.5, 0.6) is 0 Å². The minimum absolute atomic E-state index is 0.0220. The van der Waals surface area contributed by atoms with Crippen LogP contribution in [-0.4, -0.2) is 29.0 Å². The van der Waals surface area contributed by atoms with E-state index in [2.05, 4.69) is 15.3 Å². The van der Waals surface area contributed by atoms with Gasteiger partial charge in [-0.05, 0) is 67.1 Å². The molecule has 0 atom stereocenters. The number of hydrogen-bond acceptors (Lipinski definition) is 6. The summed E-state index contributed by atoms with van der Waals surface area (Å²) in [5, 5.41) is 4.94. The third-order valence-corrected chi connectivity index (χ3v) is 7.29. The van der Waals surface area contributed by atoms with Crippen LogP contribution in [0.1, 0.15) is 47.4 Å². The molecular weight excluding hydrogens is 467 g/mol. The van der Waals surface area contributed by atoms with E-state index < -0.39 is 11.7 Å². The molecule has 176 valence electrons. The Morgan fingerprint density at radius 1 is 1.30 bits per heavy atom. The van der Waals surface area contributed by atoms with E-state index in [1.54, 1.807) is 0 Å². The van der Waals surface area contributed by atoms with Gasteiger partial charge in [-0.1, -0.05) is 17.7 Å². The van der Waals surface area contributed by atoms with Gasteiger partial charge in [-0.3, -0.25) is 9.59 Å². The van der Waals surface area contributed by atoms with Crippen LogP contribution < -0.4 is 16.6 Å². The minimum atomic E-state index is -0.534. The van der Waals surface area contributed by atoms with Crippen molar-refractivity contribution in [1.29, 1.82) is 0 Å². The van der Waals surface area contributed by atoms with Crippen molar-refractivity contribution in [3.63, 3.8) is 0 Å². The lowest BCUT2D eigenvalue weighted by Crippen LogP contribution is -2.27. The lowest BCUT2D eigenvalue weighted by atomic mass is 9.82. The average molecular weight is 493 g/mol. The van der Waals surface area contributed by atoms with E-state index in [0.717, 1.165) is 37.8 Å². The van der Waals surface area contributed by atoms with Gasteiger partial charge in [0.05, 0.1) is 17.0 Å². The molecule has 7 nitrogen and oxygen atoms in total. The van der Waals surface area contributed by atoms with Gasteiger partial charge in [0.15, 0.2) is 0 Å². The Morgan fingerprint density at radius 3 is 2.79 bits per heavy atom. The van der Waals surface area contributed by atoms with Crippen LogP contribution in [0.2, 0.25) is 5.02 Å². The standard InChI is InChI=1S/C23H26ClFN4O3S/c24-17-7-15(5-6-18(17)25)9-27-22(31)20-28-21(30)19-16(12-33-23(19)29-20)11-32-10-14-3-1-13(8-26)2-4-14/h5-7,12-14H,1-4,8-11,26H2,(H,27,31)(H,28,29,30). The highest BCUT2D eigenvalue weighted by molar-refractivity contribution is 7.16. The van der Waals surface area contributed by atoms with Crippen molar-refractivity contribution in [3.8, 4) is 0 Å². The number of carbonyl (C=O) groups is 1. The number of H-pyrrole nitrogens is 1. The number of nitrogens with zero attached hydrogens (tertiary/aromatic N) is 1. The van der Waals surface area contributed by atoms with Gasteiger partial charge in [0.2, 0.25) is 5.82 Å². The van der Waals surface area contributed by atoms with E-state index in [4.69, 9.17) is 22.1 Å². The molecule has 0 radical (unpaired) electrons. The normalized spacial score (nSPS) is 18.5. The first-order valence-corrected chi connectivity index (χ1v) is 12.2. The molecular formula is C23H26ClFN4O3S. The Bertz CT molecular complexity index is 1190. The highest BCUT2D eigenvalue weighted by Gasteiger charge is 2.21. The number of nitrogens with one attached hydrogen (secondary N) is 2. The molecule has 1 saturated carbocycles. The lowest BCUT2D eigenvalue weighted by molar-refractivity contribution is 0.0684. The van der Waals surface area contributed by atoms with Gasteiger partial charge in [-0.2, -0.15) is 0 Å². The zero-order valence-electron chi connectivity index (χ0n) is 18.0. The van der Waals surface area contributed by atoms with Gasteiger partial charge in [0, 0.05) is 18.7 Å². The SMILES string of the molecule is NCC1CCC(COCc2csc3nc(C(=O)NCc4ccc(F)c(Cl)c4)[nH]c(=O)c23)CC1. The second-order valence-electron chi connectivity index (χ2n) is 8.42. The van der Waals surface area contributed by atoms with Crippen molar-refractivity contribution in [3.05, 3.63) is 61.7 Å². The van der Waals surface area contributed by atoms with Crippen molar-refractivity contribution in [1.82, 2.24) is 15.3 Å². The second kappa shape index (κ2) is 10.7. The van der Waals surface area contributed by atoms with Crippen LogP contribution in [0.25, 0.3) is 10.2 Å². The van der Waals surface area contributed by atoms with E-state index in [9.17, 15) is 14.0 Å². The van der Waals surface area contributed by atoms with E-state index in [-0.39, 0.29) is 23.0 Å². The van der Waals surface area contributed by atoms with Crippen molar-refractivity contribution in [2.45, 2.75) is 38.8 Å². The molecule has 0 unspecified atom stereocenters. The van der Waals surface area contributed by atoms with Crippen molar-refractivity contribution in [2.24, 2.45) is 17.6 Å². The van der Waals surface area contributed by atoms with E-state index in [0.29, 0.717) is 40.8 Å². The van der Waals surface area contributed by atoms with Crippen molar-refractivity contribution >= 4 is 39.1 Å². The Balaban J connectivity index is 1.36. The summed E-state index contributed by atoms with van der Waals surface area (Å²) in [6, 6.07) is 4.19. The van der Waals surface area contributed by atoms with Gasteiger partial charge in [-0.15, -0.1) is 11.3 Å². The fraction of sp³-hybridized carbons (Fsp3) is 0.435. The van der Waals surface area contributed by atoms with Crippen LogP contribution in [0, 0.1) is 17.7 Å². The molecule has 2 heterocycles. The van der Waals surface area contributed by atoms with Crippen LogP contribution in [0.15, 0.2) is 28.4 Å². The van der Waals surface area contributed by atoms with Gasteiger partial charge in [0.25, 0.3) is 11.5 Å². The van der Waals surface area contributed by atoms with Crippen molar-refractivity contribution < 1.29 is 13.9 Å². The summed E-state index contributed by atoms with van der Waals surface area (Å²) in [6.45, 7) is 1.87. The first-order valence-electron chi connectivity index (χ1n) is 10.9. The first-order chi connectivity index (χ1) is 15.9. The maximum absolute atomic E-state index is 13.3. The number of thiophene rings is 1. The van der Waals surface area contributed by atoms with Crippen LogP contribution in [0.4, 0.5) is 4.39 Å². The van der Waals surface area contributed by atoms with Crippen LogP contribution >= 0.6 is 22.9 Å². The molecule has 3 aromatic rings. The Kier molecular flexibility index (Phi) is 7.75. The summed E-state index contributed by atoms with van der Waals surface area (Å²) in [5.74, 6) is 0.0204. The number of halogens is 2. The molecule has 1 amide bonds. The molecule has 0 bridgehead atoms. The number of aromatic nitrogens is 2. The summed E-state index contributed by atoms with van der Waals surface area (Å²) in [4.78, 5) is 32.5. The summed E-state index contributed by atoms with van der Waals surface area (Å²) in [7, 11) is 0. The molecule has 0 aliphatic heterocycles. The number of carbonyl (C=O) groups excluding carboxylic acids is 1. The predicted octanol–water partition coefficient (Wildman–Crippen LogP) is 3.99. The fourth-order valence-corrected chi connectivity index (χ4v) is 5.23. The second-order valence-corrected chi connectivity index (χ2v) is 9.69. The zero-order valence-corrected chi connectivity index (χ0v) is 19.6. The van der Waals surface area contributed by atoms with E-state index in [1.165, 1.54) is 29.5 Å². The third-order valence-electron chi connectivity index (χ3n) is 6.08. The molecule has 33 heavy (non-hydrogen) atoms. The lowest BCUT2D eigenvalue weighted by Gasteiger charge is -2.27. The van der Waals surface area contributed by atoms with Gasteiger partial charge in [-0.25, -0.2) is 9.37 Å². The first kappa shape index (κ1) is 23.8. The average Bonchev–Trinajstić information content (AvgIpc) is 3.23. The van der Waals surface area contributed by atoms with Gasteiger partial charge < -0.3 is 20.8 Å². The predicted molar refractivity (Wildman–Crippen MR) is 127 cm³/mol. The van der Waals surface area contributed by atoms with Crippen LogP contribution in [0.3, 0.4) is 0 Å². The van der Waals surface area contributed by atoms with Gasteiger partial charge in [0.1, 0.15) is 10.6 Å². The number of ether oxygens (including phenoxy) is 1. The number of rotatable bonds is 8. The third kappa shape index (κ3) is 5.78. The molecule has 1 aromatic carbocycles. The number of fused-ring (bicyclic) bond motifs is 1. The quantitative estimate of drug-likeness (QED) is 0.440. The minimum Gasteiger partial charge on any atom is -0.376 e. The molecule has 1 aliphatic rings. The zero-order chi connectivity index (χ0) is 23.4. The number of hydrogen-bond donors (Lipinski definition) is 3. The Morgan fingerprint density at radius 2 is 2.06 bits per heavy atom. The largest absolute Gasteiger partial charge is 0.376 e. The van der Waals surface area contributed by atoms with Crippen LogP contribution in [-0.2, 0) is 17.9 Å². The molecule has 4 N–H and O–H groups in total. The smallest absolute Gasteiger partial charge is 0.287 e. The highest BCUT2D eigenvalue weighted by Crippen LogP contribution is 2.29. The monoisotopic (exact) mass is 492 g/mol. The maximum atomic E-state index is 13.3. The molecule has 1 aliphatic carbocycles. The molecule has 1 fully saturated rings. The molecule has 0 spiro atoms. The van der Waals surface area contributed by atoms with Gasteiger partial charge >= 0.3 is 0 Å². The fourth-order valence-electron chi connectivity index (χ4n) is 4.11. The van der Waals surface area contributed by atoms with E-state index >= 15 is 0 Å². The molecule has 0 saturated heterocycles. The number of aromatic amines is 1. The summed E-state index contributed by atoms with van der Waals surface area (Å²) < 4.78 is 19.2. The van der Waals surface area contributed by atoms with Crippen molar-refractivity contribution in [2.75, 3.05) is 13.2 Å². The highest BCUT2D eigenvalue weighted by atomic mass is 35.5. The Hall–Kier alpha value is -2.33. The van der Waals surface area contributed by atoms with E-state index in [1.807, 2.05) is 5.38 Å². The molecule has 10 heteroatoms. The summed E-state index contributed by atoms with van der Waals surface area (Å²) >= 11 is 7.07. The maximum Gasteiger partial charge on any atom is 0.287 e. The topological polar surface area (TPSA) is 110 Å². The molecule has 4 rings (SSSR count). The summed E-state index contributed by atoms with van der Waals surface area (Å²) in [6.07, 6.45) is 4.54. The molecule has 2 aromatic heterocycles.